The van der Waals surface area contributed by atoms with Crippen molar-refractivity contribution in [3.8, 4) is 5.82 Å². The molecule has 1 fully saturated rings. The third-order valence-corrected chi connectivity index (χ3v) is 5.58. The van der Waals surface area contributed by atoms with Crippen molar-refractivity contribution in [1.29, 1.82) is 0 Å². The number of hydrogen-bond acceptors (Lipinski definition) is 7. The summed E-state index contributed by atoms with van der Waals surface area (Å²) in [5.41, 5.74) is 4.89. The predicted octanol–water partition coefficient (Wildman–Crippen LogP) is 2.37. The molecule has 174 valence electrons. The Kier molecular flexibility index (Phi) is 6.04. The molecule has 0 spiro atoms. The average Bonchev–Trinajstić information content (AvgIpc) is 3.24. The molecule has 1 aliphatic carbocycles. The molecule has 1 aliphatic rings. The summed E-state index contributed by atoms with van der Waals surface area (Å²) in [4.78, 5) is 25.4. The molecule has 2 aromatic heterocycles. The topological polar surface area (TPSA) is 131 Å². The number of imidazole rings is 1. The van der Waals surface area contributed by atoms with Crippen LogP contribution in [0.5, 0.6) is 0 Å². The maximum absolute atomic E-state index is 13.1. The van der Waals surface area contributed by atoms with Crippen LogP contribution in [0.4, 0.5) is 14.7 Å². The SMILES string of the molecule is Cc1cnc(NC2CC(F)(F)C2)nc1-n1cnc(C(=O)NC(O)(CN)c2cccc(Cl)c2)c1. The number of nitrogens with two attached hydrogens (primary N) is 1. The smallest absolute Gasteiger partial charge is 0.273 e. The molecule has 1 unspecified atom stereocenters. The van der Waals surface area contributed by atoms with Crippen molar-refractivity contribution in [3.05, 3.63) is 64.8 Å². The predicted molar refractivity (Wildman–Crippen MR) is 117 cm³/mol. The van der Waals surface area contributed by atoms with Crippen molar-refractivity contribution in [2.75, 3.05) is 11.9 Å². The molecule has 0 saturated heterocycles. The number of aromatic nitrogens is 4. The van der Waals surface area contributed by atoms with Crippen molar-refractivity contribution in [1.82, 2.24) is 24.8 Å². The highest BCUT2D eigenvalue weighted by Gasteiger charge is 2.45. The van der Waals surface area contributed by atoms with Gasteiger partial charge in [-0.2, -0.15) is 4.98 Å². The molecule has 33 heavy (non-hydrogen) atoms. The minimum absolute atomic E-state index is 0.00931. The number of carbonyl (C=O) groups is 1. The molecule has 1 aromatic carbocycles. The van der Waals surface area contributed by atoms with Gasteiger partial charge in [-0.1, -0.05) is 23.7 Å². The van der Waals surface area contributed by atoms with Gasteiger partial charge in [-0.05, 0) is 19.1 Å². The fourth-order valence-corrected chi connectivity index (χ4v) is 3.69. The van der Waals surface area contributed by atoms with Crippen molar-refractivity contribution in [2.24, 2.45) is 5.73 Å². The molecule has 0 bridgehead atoms. The first-order chi connectivity index (χ1) is 15.6. The zero-order chi connectivity index (χ0) is 23.8. The van der Waals surface area contributed by atoms with Crippen molar-refractivity contribution in [3.63, 3.8) is 0 Å². The maximum atomic E-state index is 13.1. The zero-order valence-electron chi connectivity index (χ0n) is 17.6. The first kappa shape index (κ1) is 23.0. The van der Waals surface area contributed by atoms with Crippen LogP contribution in [0.25, 0.3) is 5.82 Å². The lowest BCUT2D eigenvalue weighted by Crippen LogP contribution is -2.51. The number of amides is 1. The number of anilines is 1. The van der Waals surface area contributed by atoms with E-state index in [2.05, 4.69) is 25.6 Å². The number of halogens is 3. The lowest BCUT2D eigenvalue weighted by Gasteiger charge is -2.35. The van der Waals surface area contributed by atoms with E-state index in [1.54, 1.807) is 31.3 Å². The summed E-state index contributed by atoms with van der Waals surface area (Å²) in [7, 11) is 0. The van der Waals surface area contributed by atoms with E-state index in [1.807, 2.05) is 0 Å². The molecule has 9 nitrogen and oxygen atoms in total. The number of carbonyl (C=O) groups excluding carboxylic acids is 1. The van der Waals surface area contributed by atoms with Crippen LogP contribution in [0.3, 0.4) is 0 Å². The van der Waals surface area contributed by atoms with E-state index in [4.69, 9.17) is 17.3 Å². The minimum Gasteiger partial charge on any atom is -0.366 e. The Balaban J connectivity index is 1.51. The summed E-state index contributed by atoms with van der Waals surface area (Å²) in [5.74, 6) is -2.69. The number of hydrogen-bond donors (Lipinski definition) is 4. The second kappa shape index (κ2) is 8.65. The highest BCUT2D eigenvalue weighted by atomic mass is 35.5. The summed E-state index contributed by atoms with van der Waals surface area (Å²) in [6.07, 6.45) is 3.82. The van der Waals surface area contributed by atoms with Crippen molar-refractivity contribution < 1.29 is 18.7 Å². The Morgan fingerprint density at radius 1 is 1.39 bits per heavy atom. The van der Waals surface area contributed by atoms with Crippen LogP contribution in [0.1, 0.15) is 34.5 Å². The van der Waals surface area contributed by atoms with Gasteiger partial charge in [-0.25, -0.2) is 18.7 Å². The molecule has 0 radical (unpaired) electrons. The molecular formula is C21H22ClF2N7O2. The molecule has 5 N–H and O–H groups in total. The number of benzene rings is 1. The van der Waals surface area contributed by atoms with Gasteiger partial charge in [0, 0.05) is 54.0 Å². The quantitative estimate of drug-likeness (QED) is 0.384. The Bertz CT molecular complexity index is 1180. The second-order valence-corrected chi connectivity index (χ2v) is 8.44. The van der Waals surface area contributed by atoms with Crippen LogP contribution in [0.2, 0.25) is 5.02 Å². The highest BCUT2D eigenvalue weighted by Crippen LogP contribution is 2.38. The fourth-order valence-electron chi connectivity index (χ4n) is 3.50. The van der Waals surface area contributed by atoms with Crippen LogP contribution >= 0.6 is 11.6 Å². The number of aliphatic hydroxyl groups is 1. The molecular weight excluding hydrogens is 456 g/mol. The van der Waals surface area contributed by atoms with Crippen molar-refractivity contribution >= 4 is 23.5 Å². The van der Waals surface area contributed by atoms with Crippen LogP contribution in [-0.4, -0.2) is 49.0 Å². The molecule has 1 atom stereocenters. The third-order valence-electron chi connectivity index (χ3n) is 5.35. The van der Waals surface area contributed by atoms with Gasteiger partial charge < -0.3 is 21.5 Å². The summed E-state index contributed by atoms with van der Waals surface area (Å²) >= 11 is 5.98. The Hall–Kier alpha value is -3.15. The molecule has 3 aromatic rings. The molecule has 4 rings (SSSR count). The molecule has 0 aliphatic heterocycles. The van der Waals surface area contributed by atoms with Gasteiger partial charge in [0.25, 0.3) is 11.8 Å². The van der Waals surface area contributed by atoms with E-state index in [0.29, 0.717) is 22.0 Å². The van der Waals surface area contributed by atoms with Gasteiger partial charge in [-0.3, -0.25) is 9.36 Å². The number of aryl methyl sites for hydroxylation is 1. The number of alkyl halides is 2. The van der Waals surface area contributed by atoms with E-state index in [0.717, 1.165) is 0 Å². The van der Waals surface area contributed by atoms with Crippen LogP contribution in [0.15, 0.2) is 43.0 Å². The van der Waals surface area contributed by atoms with Crippen LogP contribution in [-0.2, 0) is 5.72 Å². The Labute approximate surface area is 193 Å². The molecule has 1 amide bonds. The molecule has 1 saturated carbocycles. The van der Waals surface area contributed by atoms with Gasteiger partial charge in [0.1, 0.15) is 17.8 Å². The summed E-state index contributed by atoms with van der Waals surface area (Å²) in [5, 5.41) is 16.6. The largest absolute Gasteiger partial charge is 0.366 e. The zero-order valence-corrected chi connectivity index (χ0v) is 18.4. The first-order valence-corrected chi connectivity index (χ1v) is 10.5. The van der Waals surface area contributed by atoms with E-state index in [-0.39, 0.29) is 31.0 Å². The van der Waals surface area contributed by atoms with E-state index in [9.17, 15) is 18.7 Å². The average molecular weight is 478 g/mol. The molecule has 2 heterocycles. The second-order valence-electron chi connectivity index (χ2n) is 8.00. The summed E-state index contributed by atoms with van der Waals surface area (Å²) < 4.78 is 27.7. The van der Waals surface area contributed by atoms with Gasteiger partial charge in [0.2, 0.25) is 5.95 Å². The van der Waals surface area contributed by atoms with E-state index < -0.39 is 23.6 Å². The normalized spacial score (nSPS) is 17.2. The van der Waals surface area contributed by atoms with E-state index >= 15 is 0 Å². The van der Waals surface area contributed by atoms with Gasteiger partial charge >= 0.3 is 0 Å². The number of rotatable bonds is 7. The minimum atomic E-state index is -2.66. The fraction of sp³-hybridized carbons (Fsp3) is 0.333. The van der Waals surface area contributed by atoms with Gasteiger partial charge in [0.15, 0.2) is 5.72 Å². The van der Waals surface area contributed by atoms with Crippen LogP contribution in [0, 0.1) is 6.92 Å². The lowest BCUT2D eigenvalue weighted by atomic mass is 9.88. The molecule has 12 heteroatoms. The van der Waals surface area contributed by atoms with Crippen LogP contribution < -0.4 is 16.4 Å². The van der Waals surface area contributed by atoms with E-state index in [1.165, 1.54) is 23.2 Å². The standard InChI is InChI=1S/C21H22ClF2N7O2/c1-12-8-26-19(28-15-6-20(23,24)7-15)29-17(12)31-9-16(27-11-31)18(32)30-21(33,10-25)13-3-2-4-14(22)5-13/h2-5,8-9,11,15,33H,6-7,10,25H2,1H3,(H,30,32)(H,26,28,29). The number of nitrogens with zero attached hydrogens (tertiary/aromatic N) is 4. The number of nitrogens with one attached hydrogen (secondary N) is 2. The Morgan fingerprint density at radius 2 is 2.15 bits per heavy atom. The monoisotopic (exact) mass is 477 g/mol. The van der Waals surface area contributed by atoms with Crippen molar-refractivity contribution in [2.45, 2.75) is 37.5 Å². The highest BCUT2D eigenvalue weighted by molar-refractivity contribution is 6.30. The summed E-state index contributed by atoms with van der Waals surface area (Å²) in [6.45, 7) is 1.47. The maximum Gasteiger partial charge on any atom is 0.273 e. The summed E-state index contributed by atoms with van der Waals surface area (Å²) in [6, 6.07) is 5.96. The lowest BCUT2D eigenvalue weighted by molar-refractivity contribution is -0.0794. The van der Waals surface area contributed by atoms with Gasteiger partial charge in [-0.15, -0.1) is 0 Å². The Morgan fingerprint density at radius 3 is 2.82 bits per heavy atom. The van der Waals surface area contributed by atoms with Gasteiger partial charge in [0.05, 0.1) is 0 Å². The first-order valence-electron chi connectivity index (χ1n) is 10.1. The third kappa shape index (κ3) is 4.95.